The van der Waals surface area contributed by atoms with Gasteiger partial charge in [0.1, 0.15) is 0 Å². The lowest BCUT2D eigenvalue weighted by Gasteiger charge is -2.20. The molecule has 2 N–H and O–H groups in total. The van der Waals surface area contributed by atoms with Crippen molar-refractivity contribution in [2.45, 2.75) is 24.8 Å². The van der Waals surface area contributed by atoms with Gasteiger partial charge in [-0.1, -0.05) is 0 Å². The molecule has 1 heterocycles. The molecule has 1 saturated carbocycles. The van der Waals surface area contributed by atoms with E-state index in [1.807, 2.05) is 12.4 Å². The average molecular weight is 262 g/mol. The molecule has 1 aliphatic rings. The van der Waals surface area contributed by atoms with E-state index in [4.69, 9.17) is 5.73 Å². The smallest absolute Gasteiger partial charge is 0.242 e. The Morgan fingerprint density at radius 2 is 2.38 bits per heavy atom. The fourth-order valence-corrected chi connectivity index (χ4v) is 2.08. The second-order valence-corrected chi connectivity index (χ2v) is 5.04. The van der Waals surface area contributed by atoms with Crippen LogP contribution in [0.4, 0.5) is 0 Å². The molecule has 0 atom stereocenters. The Balaban J connectivity index is 0.00000128. The summed E-state index contributed by atoms with van der Waals surface area (Å²) >= 11 is 1.62. The van der Waals surface area contributed by atoms with Gasteiger partial charge in [0.05, 0.1) is 10.5 Å². The van der Waals surface area contributed by atoms with Crippen LogP contribution in [0.3, 0.4) is 0 Å². The third-order valence-electron chi connectivity index (χ3n) is 2.71. The number of likely N-dealkylation sites (N-methyl/N-ethyl adjacent to an activating group) is 1. The molecule has 0 spiro atoms. The van der Waals surface area contributed by atoms with Gasteiger partial charge < -0.3 is 10.6 Å². The van der Waals surface area contributed by atoms with Crippen molar-refractivity contribution in [1.29, 1.82) is 0 Å². The van der Waals surface area contributed by atoms with Crippen LogP contribution in [-0.4, -0.2) is 34.9 Å². The maximum Gasteiger partial charge on any atom is 0.242 e. The normalized spacial score (nSPS) is 16.4. The number of rotatable bonds is 4. The molecule has 1 aromatic rings. The second-order valence-electron chi connectivity index (χ2n) is 4.06. The Hall–Kier alpha value is -0.650. The highest BCUT2D eigenvalue weighted by Gasteiger charge is 2.47. The van der Waals surface area contributed by atoms with Gasteiger partial charge in [0.2, 0.25) is 5.91 Å². The van der Waals surface area contributed by atoms with E-state index in [1.54, 1.807) is 22.4 Å². The lowest BCUT2D eigenvalue weighted by Crippen LogP contribution is -2.44. The van der Waals surface area contributed by atoms with Crippen molar-refractivity contribution in [1.82, 2.24) is 9.88 Å². The molecule has 90 valence electrons. The Bertz CT molecular complexity index is 351. The lowest BCUT2D eigenvalue weighted by molar-refractivity contribution is -0.132. The number of aromatic nitrogens is 1. The molecule has 6 heteroatoms. The van der Waals surface area contributed by atoms with Gasteiger partial charge in [-0.25, -0.2) is 4.98 Å². The van der Waals surface area contributed by atoms with E-state index in [2.05, 4.69) is 4.98 Å². The summed E-state index contributed by atoms with van der Waals surface area (Å²) in [5.74, 6) is 0.0686. The Morgan fingerprint density at radius 3 is 2.88 bits per heavy atom. The molecular formula is C10H16ClN3OS. The molecule has 2 rings (SSSR count). The number of carbonyl (C=O) groups is 1. The number of hydrogen-bond donors (Lipinski definition) is 1. The van der Waals surface area contributed by atoms with Crippen molar-refractivity contribution in [2.24, 2.45) is 5.73 Å². The van der Waals surface area contributed by atoms with Crippen molar-refractivity contribution in [3.8, 4) is 0 Å². The molecule has 0 aromatic carbocycles. The molecule has 1 amide bonds. The highest BCUT2D eigenvalue weighted by molar-refractivity contribution is 7.09. The Kier molecular flexibility index (Phi) is 4.29. The summed E-state index contributed by atoms with van der Waals surface area (Å²) in [5.41, 5.74) is 5.29. The van der Waals surface area contributed by atoms with Gasteiger partial charge in [0, 0.05) is 31.6 Å². The first kappa shape index (κ1) is 13.4. The van der Waals surface area contributed by atoms with Crippen LogP contribution in [0.25, 0.3) is 0 Å². The molecular weight excluding hydrogens is 246 g/mol. The van der Waals surface area contributed by atoms with Crippen LogP contribution in [0, 0.1) is 0 Å². The van der Waals surface area contributed by atoms with Crippen LogP contribution in [0.1, 0.15) is 17.8 Å². The summed E-state index contributed by atoms with van der Waals surface area (Å²) in [6, 6.07) is 0. The van der Waals surface area contributed by atoms with Crippen molar-refractivity contribution in [3.05, 3.63) is 16.6 Å². The highest BCUT2D eigenvalue weighted by Crippen LogP contribution is 2.33. The highest BCUT2D eigenvalue weighted by atomic mass is 35.5. The summed E-state index contributed by atoms with van der Waals surface area (Å²) < 4.78 is 0. The summed E-state index contributed by atoms with van der Waals surface area (Å²) in [4.78, 5) is 17.7. The van der Waals surface area contributed by atoms with Crippen LogP contribution < -0.4 is 5.73 Å². The summed E-state index contributed by atoms with van der Waals surface area (Å²) in [6.45, 7) is 0.700. The second kappa shape index (κ2) is 5.12. The van der Waals surface area contributed by atoms with Crippen LogP contribution in [0.5, 0.6) is 0 Å². The lowest BCUT2D eigenvalue weighted by atomic mass is 10.2. The maximum absolute atomic E-state index is 11.8. The van der Waals surface area contributed by atoms with E-state index in [1.165, 1.54) is 0 Å². The van der Waals surface area contributed by atoms with Crippen molar-refractivity contribution < 1.29 is 4.79 Å². The number of thiazole rings is 1. The molecule has 0 bridgehead atoms. The maximum atomic E-state index is 11.8. The van der Waals surface area contributed by atoms with Crippen molar-refractivity contribution in [2.75, 3.05) is 13.6 Å². The van der Waals surface area contributed by atoms with Gasteiger partial charge in [-0.2, -0.15) is 0 Å². The number of carbonyl (C=O) groups excluding carboxylic acids is 1. The number of nitrogens with zero attached hydrogens (tertiary/aromatic N) is 2. The third kappa shape index (κ3) is 2.93. The van der Waals surface area contributed by atoms with E-state index in [0.29, 0.717) is 6.54 Å². The van der Waals surface area contributed by atoms with E-state index in [9.17, 15) is 4.79 Å². The molecule has 0 radical (unpaired) electrons. The predicted octanol–water partition coefficient (Wildman–Crippen LogP) is 1.06. The van der Waals surface area contributed by atoms with E-state index < -0.39 is 5.54 Å². The number of halogens is 1. The molecule has 16 heavy (non-hydrogen) atoms. The summed E-state index contributed by atoms with van der Waals surface area (Å²) in [6.07, 6.45) is 4.25. The fraction of sp³-hybridized carbons (Fsp3) is 0.600. The molecule has 0 aliphatic heterocycles. The monoisotopic (exact) mass is 261 g/mol. The van der Waals surface area contributed by atoms with Crippen LogP contribution in [0.15, 0.2) is 11.6 Å². The standard InChI is InChI=1S/C10H15N3OS.ClH/c1-13(9(14)10(11)3-4-10)6-2-8-12-5-7-15-8;/h5,7H,2-4,6,11H2,1H3;1H. The van der Waals surface area contributed by atoms with Gasteiger partial charge in [-0.3, -0.25) is 4.79 Å². The zero-order chi connectivity index (χ0) is 10.9. The molecule has 1 aliphatic carbocycles. The van der Waals surface area contributed by atoms with E-state index in [-0.39, 0.29) is 18.3 Å². The van der Waals surface area contributed by atoms with Crippen LogP contribution in [0.2, 0.25) is 0 Å². The zero-order valence-corrected chi connectivity index (χ0v) is 10.8. The molecule has 1 fully saturated rings. The van der Waals surface area contributed by atoms with Gasteiger partial charge >= 0.3 is 0 Å². The van der Waals surface area contributed by atoms with Gasteiger partial charge in [-0.05, 0) is 12.8 Å². The number of nitrogens with two attached hydrogens (primary N) is 1. The first-order valence-electron chi connectivity index (χ1n) is 5.05. The summed E-state index contributed by atoms with van der Waals surface area (Å²) in [7, 11) is 1.81. The minimum atomic E-state index is -0.544. The molecule has 0 unspecified atom stereocenters. The quantitative estimate of drug-likeness (QED) is 0.882. The largest absolute Gasteiger partial charge is 0.344 e. The summed E-state index contributed by atoms with van der Waals surface area (Å²) in [5, 5.41) is 3.01. The first-order valence-corrected chi connectivity index (χ1v) is 5.93. The van der Waals surface area contributed by atoms with Crippen LogP contribution in [-0.2, 0) is 11.2 Å². The van der Waals surface area contributed by atoms with Crippen LogP contribution >= 0.6 is 23.7 Å². The topological polar surface area (TPSA) is 59.2 Å². The van der Waals surface area contributed by atoms with Gasteiger partial charge in [0.15, 0.2) is 0 Å². The fourth-order valence-electron chi connectivity index (χ4n) is 1.47. The molecule has 4 nitrogen and oxygen atoms in total. The van der Waals surface area contributed by atoms with Gasteiger partial charge in [0.25, 0.3) is 0 Å². The minimum Gasteiger partial charge on any atom is -0.344 e. The Morgan fingerprint density at radius 1 is 1.69 bits per heavy atom. The third-order valence-corrected chi connectivity index (χ3v) is 3.55. The average Bonchev–Trinajstić information content (AvgIpc) is 2.80. The minimum absolute atomic E-state index is 0. The molecule has 1 aromatic heterocycles. The van der Waals surface area contributed by atoms with Gasteiger partial charge in [-0.15, -0.1) is 23.7 Å². The van der Waals surface area contributed by atoms with Crippen molar-refractivity contribution in [3.63, 3.8) is 0 Å². The Labute approximate surface area is 105 Å². The number of amides is 1. The SMILES string of the molecule is CN(CCc1nccs1)C(=O)C1(N)CC1.Cl. The zero-order valence-electron chi connectivity index (χ0n) is 9.18. The first-order chi connectivity index (χ1) is 7.12. The predicted molar refractivity (Wildman–Crippen MR) is 66.9 cm³/mol. The number of hydrogen-bond acceptors (Lipinski definition) is 4. The van der Waals surface area contributed by atoms with Crippen molar-refractivity contribution >= 4 is 29.7 Å². The van der Waals surface area contributed by atoms with E-state index >= 15 is 0 Å². The van der Waals surface area contributed by atoms with E-state index in [0.717, 1.165) is 24.3 Å². The molecule has 0 saturated heterocycles.